The molecule has 2 aromatic rings. The van der Waals surface area contributed by atoms with Crippen LogP contribution in [0.25, 0.3) is 5.57 Å². The molecular weight excluding hydrogens is 502 g/mol. The Morgan fingerprint density at radius 3 is 2.64 bits per heavy atom. The van der Waals surface area contributed by atoms with E-state index in [2.05, 4.69) is 20.5 Å². The maximum Gasteiger partial charge on any atom is 0.254 e. The molecule has 2 amide bonds. The number of aryl methyl sites for hydroxylation is 1. The third kappa shape index (κ3) is 6.36. The van der Waals surface area contributed by atoms with E-state index in [9.17, 15) is 18.4 Å². The van der Waals surface area contributed by atoms with Crippen LogP contribution in [0.4, 0.5) is 8.78 Å². The largest absolute Gasteiger partial charge is 0.496 e. The van der Waals surface area contributed by atoms with Crippen LogP contribution < -0.4 is 10.6 Å². The molecular formula is C30H34F2N4O3. The number of hydrogen-bond donors (Lipinski definition) is 2. The number of carbonyl (C=O) groups excluding carboxylic acids is 2. The van der Waals surface area contributed by atoms with Crippen molar-refractivity contribution in [2.45, 2.75) is 51.1 Å². The molecule has 2 N–H and O–H groups in total. The van der Waals surface area contributed by atoms with Gasteiger partial charge in [0.05, 0.1) is 29.3 Å². The fourth-order valence-corrected chi connectivity index (χ4v) is 5.37. The molecule has 3 aliphatic rings. The molecule has 2 fully saturated rings. The summed E-state index contributed by atoms with van der Waals surface area (Å²) in [6.45, 7) is 7.94. The van der Waals surface area contributed by atoms with E-state index in [0.29, 0.717) is 24.6 Å². The van der Waals surface area contributed by atoms with Crippen LogP contribution in [0.1, 0.15) is 49.9 Å². The summed E-state index contributed by atoms with van der Waals surface area (Å²) in [6.07, 6.45) is 7.16. The van der Waals surface area contributed by atoms with Crippen LogP contribution in [-0.2, 0) is 19.9 Å². The molecule has 1 aliphatic carbocycles. The predicted molar refractivity (Wildman–Crippen MR) is 143 cm³/mol. The zero-order valence-electron chi connectivity index (χ0n) is 22.5. The van der Waals surface area contributed by atoms with Crippen LogP contribution in [-0.4, -0.2) is 53.5 Å². The first-order valence-electron chi connectivity index (χ1n) is 13.3. The third-order valence-corrected chi connectivity index (χ3v) is 7.53. The van der Waals surface area contributed by atoms with Gasteiger partial charge in [-0.3, -0.25) is 19.5 Å². The fourth-order valence-electron chi connectivity index (χ4n) is 5.37. The van der Waals surface area contributed by atoms with E-state index in [-0.39, 0.29) is 30.1 Å². The van der Waals surface area contributed by atoms with Gasteiger partial charge in [-0.15, -0.1) is 0 Å². The van der Waals surface area contributed by atoms with E-state index in [1.54, 1.807) is 12.3 Å². The van der Waals surface area contributed by atoms with Crippen LogP contribution in [0, 0.1) is 24.5 Å². The average molecular weight is 537 g/mol. The Kier molecular flexibility index (Phi) is 7.29. The van der Waals surface area contributed by atoms with Gasteiger partial charge in [0.2, 0.25) is 5.91 Å². The zero-order chi connectivity index (χ0) is 27.8. The van der Waals surface area contributed by atoms with Gasteiger partial charge in [-0.1, -0.05) is 0 Å². The molecule has 0 atom stereocenters. The Labute approximate surface area is 227 Å². The highest BCUT2D eigenvalue weighted by molar-refractivity contribution is 5.99. The number of hydrogen-bond acceptors (Lipinski definition) is 5. The maximum atomic E-state index is 14.4. The molecule has 3 heterocycles. The van der Waals surface area contributed by atoms with Crippen LogP contribution in [0.5, 0.6) is 0 Å². The molecule has 0 spiro atoms. The van der Waals surface area contributed by atoms with E-state index in [1.165, 1.54) is 31.2 Å². The van der Waals surface area contributed by atoms with Gasteiger partial charge in [0.1, 0.15) is 18.2 Å². The predicted octanol–water partition coefficient (Wildman–Crippen LogP) is 3.99. The van der Waals surface area contributed by atoms with Crippen molar-refractivity contribution >= 4 is 17.4 Å². The maximum absolute atomic E-state index is 14.4. The summed E-state index contributed by atoms with van der Waals surface area (Å²) >= 11 is 0. The Bertz CT molecular complexity index is 1340. The zero-order valence-corrected chi connectivity index (χ0v) is 22.5. The van der Waals surface area contributed by atoms with Crippen molar-refractivity contribution in [3.8, 4) is 0 Å². The number of ether oxygens (including phenoxy) is 1. The third-order valence-electron chi connectivity index (χ3n) is 7.53. The van der Waals surface area contributed by atoms with Crippen molar-refractivity contribution in [3.05, 3.63) is 82.9 Å². The number of benzene rings is 1. The Morgan fingerprint density at radius 2 is 1.95 bits per heavy atom. The minimum atomic E-state index is -0.742. The molecule has 1 aromatic heterocycles. The lowest BCUT2D eigenvalue weighted by Gasteiger charge is -2.50. The lowest BCUT2D eigenvalue weighted by molar-refractivity contribution is -0.129. The molecule has 1 saturated heterocycles. The van der Waals surface area contributed by atoms with Gasteiger partial charge in [0, 0.05) is 48.7 Å². The normalized spacial score (nSPS) is 18.8. The van der Waals surface area contributed by atoms with Crippen LogP contribution >= 0.6 is 0 Å². The van der Waals surface area contributed by atoms with Gasteiger partial charge in [0.25, 0.3) is 5.91 Å². The molecule has 1 saturated carbocycles. The second-order valence-corrected chi connectivity index (χ2v) is 11.6. The minimum Gasteiger partial charge on any atom is -0.496 e. The topological polar surface area (TPSA) is 83.6 Å². The van der Waals surface area contributed by atoms with Crippen LogP contribution in [0.3, 0.4) is 0 Å². The molecule has 2 aliphatic heterocycles. The first-order valence-corrected chi connectivity index (χ1v) is 13.3. The van der Waals surface area contributed by atoms with E-state index < -0.39 is 28.6 Å². The van der Waals surface area contributed by atoms with E-state index in [1.807, 2.05) is 32.9 Å². The molecule has 5 rings (SSSR count). The van der Waals surface area contributed by atoms with Gasteiger partial charge in [-0.25, -0.2) is 8.78 Å². The SMILES string of the molecule is Cc1cc(C(C)(C)NC(=O)CC2(NC(=O)C3=COCC(c4ccc(F)cc4F)=C3)CN(CC3CC3)C2)ccn1. The number of carbonyl (C=O) groups is 2. The van der Waals surface area contributed by atoms with Crippen LogP contribution in [0.2, 0.25) is 0 Å². The summed E-state index contributed by atoms with van der Waals surface area (Å²) in [5, 5.41) is 6.21. The van der Waals surface area contributed by atoms with Crippen molar-refractivity contribution in [3.63, 3.8) is 0 Å². The fraction of sp³-hybridized carbons (Fsp3) is 0.433. The van der Waals surface area contributed by atoms with Gasteiger partial charge in [-0.2, -0.15) is 0 Å². The first kappa shape index (κ1) is 27.0. The number of likely N-dealkylation sites (tertiary alicyclic amines) is 1. The molecule has 0 bridgehead atoms. The van der Waals surface area contributed by atoms with Crippen LogP contribution in [0.15, 0.2) is 54.4 Å². The quantitative estimate of drug-likeness (QED) is 0.507. The summed E-state index contributed by atoms with van der Waals surface area (Å²) in [5.74, 6) is -1.28. The van der Waals surface area contributed by atoms with E-state index in [0.717, 1.165) is 23.9 Å². The summed E-state index contributed by atoms with van der Waals surface area (Å²) in [6, 6.07) is 7.14. The highest BCUT2D eigenvalue weighted by Gasteiger charge is 2.47. The summed E-state index contributed by atoms with van der Waals surface area (Å²) < 4.78 is 33.2. The Balaban J connectivity index is 1.30. The molecule has 206 valence electrons. The number of nitrogens with one attached hydrogen (secondary N) is 2. The average Bonchev–Trinajstić information content (AvgIpc) is 3.67. The summed E-state index contributed by atoms with van der Waals surface area (Å²) in [5.41, 5.74) is 1.28. The van der Waals surface area contributed by atoms with Crippen molar-refractivity contribution in [1.82, 2.24) is 20.5 Å². The molecule has 0 unspecified atom stereocenters. The number of pyridine rings is 1. The van der Waals surface area contributed by atoms with Gasteiger partial charge in [0.15, 0.2) is 0 Å². The van der Waals surface area contributed by atoms with Gasteiger partial charge >= 0.3 is 0 Å². The smallest absolute Gasteiger partial charge is 0.254 e. The van der Waals surface area contributed by atoms with Gasteiger partial charge in [-0.05, 0) is 75.4 Å². The van der Waals surface area contributed by atoms with E-state index in [4.69, 9.17) is 4.74 Å². The molecule has 39 heavy (non-hydrogen) atoms. The first-order chi connectivity index (χ1) is 18.5. The second kappa shape index (κ2) is 10.5. The number of aromatic nitrogens is 1. The lowest BCUT2D eigenvalue weighted by atomic mass is 9.84. The Morgan fingerprint density at radius 1 is 1.18 bits per heavy atom. The van der Waals surface area contributed by atoms with Crippen molar-refractivity contribution < 1.29 is 23.1 Å². The minimum absolute atomic E-state index is 0.0611. The van der Waals surface area contributed by atoms with Gasteiger partial charge < -0.3 is 15.4 Å². The number of rotatable bonds is 9. The number of nitrogens with zero attached hydrogens (tertiary/aromatic N) is 2. The molecule has 1 aromatic carbocycles. The summed E-state index contributed by atoms with van der Waals surface area (Å²) in [4.78, 5) is 33.2. The van der Waals surface area contributed by atoms with E-state index >= 15 is 0 Å². The molecule has 0 radical (unpaired) electrons. The van der Waals surface area contributed by atoms with Crippen molar-refractivity contribution in [1.29, 1.82) is 0 Å². The number of halogens is 2. The number of amides is 2. The monoisotopic (exact) mass is 536 g/mol. The second-order valence-electron chi connectivity index (χ2n) is 11.6. The van der Waals surface area contributed by atoms with Crippen molar-refractivity contribution in [2.75, 3.05) is 26.2 Å². The standard InChI is InChI=1S/C30H34F2N4O3/c1-19-10-23(8-9-33-19)29(2,3)34-27(37)13-30(17-36(18-30)14-20-4-5-20)35-28(38)22-11-21(15-39-16-22)25-7-6-24(31)12-26(25)32/h6-12,16,20H,4-5,13-15,17-18H2,1-3H3,(H,34,37)(H,35,38). The summed E-state index contributed by atoms with van der Waals surface area (Å²) in [7, 11) is 0. The highest BCUT2D eigenvalue weighted by Crippen LogP contribution is 2.35. The molecule has 9 heteroatoms. The van der Waals surface area contributed by atoms with Crippen molar-refractivity contribution in [2.24, 2.45) is 5.92 Å². The Hall–Kier alpha value is -3.59. The molecule has 7 nitrogen and oxygen atoms in total. The highest BCUT2D eigenvalue weighted by atomic mass is 19.1. The lowest BCUT2D eigenvalue weighted by Crippen LogP contribution is -2.71.